The summed E-state index contributed by atoms with van der Waals surface area (Å²) in [5.74, 6) is 0.963. The Kier molecular flexibility index (Phi) is 10.5. The fourth-order valence-corrected chi connectivity index (χ4v) is 4.01. The Morgan fingerprint density at radius 3 is 2.48 bits per heavy atom. The third kappa shape index (κ3) is 7.35. The van der Waals surface area contributed by atoms with Gasteiger partial charge in [0.15, 0.2) is 0 Å². The Morgan fingerprint density at radius 1 is 1.00 bits per heavy atom. The lowest BCUT2D eigenvalue weighted by molar-refractivity contribution is 0.0766. The van der Waals surface area contributed by atoms with Crippen LogP contribution in [-0.2, 0) is 6.54 Å². The predicted molar refractivity (Wildman–Crippen MR) is 127 cm³/mol. The lowest BCUT2D eigenvalue weighted by Gasteiger charge is -2.32. The molecule has 0 atom stereocenters. The van der Waals surface area contributed by atoms with Gasteiger partial charge >= 0.3 is 0 Å². The number of rotatable bonds is 5. The molecule has 8 heteroatoms. The molecule has 0 aliphatic carbocycles. The van der Waals surface area contributed by atoms with Crippen molar-refractivity contribution in [1.29, 1.82) is 0 Å². The molecule has 2 fully saturated rings. The summed E-state index contributed by atoms with van der Waals surface area (Å²) in [5.41, 5.74) is 1.86. The molecule has 0 saturated carbocycles. The van der Waals surface area contributed by atoms with Crippen LogP contribution in [0.15, 0.2) is 48.7 Å². The van der Waals surface area contributed by atoms with E-state index in [-0.39, 0.29) is 36.8 Å². The number of benzene rings is 1. The second-order valence-corrected chi connectivity index (χ2v) is 7.83. The molecule has 2 aliphatic heterocycles. The minimum absolute atomic E-state index is 0. The summed E-state index contributed by atoms with van der Waals surface area (Å²) in [4.78, 5) is 21.5. The number of amides is 1. The van der Waals surface area contributed by atoms with Crippen LogP contribution in [0.5, 0.6) is 5.75 Å². The molecule has 3 heterocycles. The van der Waals surface area contributed by atoms with Crippen LogP contribution in [0, 0.1) is 0 Å². The van der Waals surface area contributed by atoms with Gasteiger partial charge in [-0.15, -0.1) is 24.8 Å². The van der Waals surface area contributed by atoms with E-state index in [0.29, 0.717) is 0 Å². The maximum absolute atomic E-state index is 12.7. The standard InChI is InChI=1S/C23H30N4O2.2ClH/c28-23(27-14-3-11-24-13-17-27)19-5-7-21(8-6-19)29-22-9-15-26(16-10-22)18-20-4-1-2-12-25-20;;/h1-2,4-8,12,22,24H,3,9-11,13-18H2;2*1H. The number of carbonyl (C=O) groups excluding carboxylic acids is 1. The van der Waals surface area contributed by atoms with Crippen molar-refractivity contribution >= 4 is 30.7 Å². The summed E-state index contributed by atoms with van der Waals surface area (Å²) in [5, 5.41) is 3.33. The van der Waals surface area contributed by atoms with E-state index in [1.807, 2.05) is 47.5 Å². The largest absolute Gasteiger partial charge is 0.490 e. The van der Waals surface area contributed by atoms with Crippen LogP contribution in [-0.4, -0.2) is 66.1 Å². The maximum Gasteiger partial charge on any atom is 0.253 e. The molecule has 2 saturated heterocycles. The number of pyridine rings is 1. The smallest absolute Gasteiger partial charge is 0.253 e. The maximum atomic E-state index is 12.7. The third-order valence-corrected chi connectivity index (χ3v) is 5.68. The number of nitrogens with zero attached hydrogens (tertiary/aromatic N) is 3. The van der Waals surface area contributed by atoms with E-state index in [2.05, 4.69) is 21.3 Å². The second-order valence-electron chi connectivity index (χ2n) is 7.83. The molecule has 0 spiro atoms. The van der Waals surface area contributed by atoms with Crippen LogP contribution in [0.1, 0.15) is 35.3 Å². The van der Waals surface area contributed by atoms with Crippen LogP contribution in [0.25, 0.3) is 0 Å². The van der Waals surface area contributed by atoms with Crippen molar-refractivity contribution in [2.24, 2.45) is 0 Å². The number of ether oxygens (including phenoxy) is 1. The van der Waals surface area contributed by atoms with Crippen molar-refractivity contribution in [3.63, 3.8) is 0 Å². The quantitative estimate of drug-likeness (QED) is 0.731. The summed E-state index contributed by atoms with van der Waals surface area (Å²) in [6.45, 7) is 6.37. The molecule has 0 bridgehead atoms. The Balaban J connectivity index is 0.00000171. The van der Waals surface area contributed by atoms with E-state index >= 15 is 0 Å². The summed E-state index contributed by atoms with van der Waals surface area (Å²) >= 11 is 0. The zero-order chi connectivity index (χ0) is 19.9. The van der Waals surface area contributed by atoms with Crippen LogP contribution in [0.3, 0.4) is 0 Å². The van der Waals surface area contributed by atoms with Gasteiger partial charge in [-0.25, -0.2) is 0 Å². The highest BCUT2D eigenvalue weighted by atomic mass is 35.5. The van der Waals surface area contributed by atoms with Crippen LogP contribution < -0.4 is 10.1 Å². The summed E-state index contributed by atoms with van der Waals surface area (Å²) < 4.78 is 6.18. The molecular weight excluding hydrogens is 435 g/mol. The van der Waals surface area contributed by atoms with Gasteiger partial charge in [0.05, 0.1) is 5.69 Å². The molecular formula is C23H32Cl2N4O2. The van der Waals surface area contributed by atoms with Gasteiger partial charge in [-0.2, -0.15) is 0 Å². The van der Waals surface area contributed by atoms with E-state index in [1.54, 1.807) is 0 Å². The second kappa shape index (κ2) is 12.9. The highest BCUT2D eigenvalue weighted by Crippen LogP contribution is 2.21. The zero-order valence-corrected chi connectivity index (χ0v) is 19.4. The van der Waals surface area contributed by atoms with Gasteiger partial charge in [0, 0.05) is 51.0 Å². The van der Waals surface area contributed by atoms with Crippen LogP contribution >= 0.6 is 24.8 Å². The molecule has 1 amide bonds. The monoisotopic (exact) mass is 466 g/mol. The normalized spacial score (nSPS) is 17.7. The first-order valence-corrected chi connectivity index (χ1v) is 10.7. The average Bonchev–Trinajstić information content (AvgIpc) is 3.06. The van der Waals surface area contributed by atoms with Crippen LogP contribution in [0.2, 0.25) is 0 Å². The average molecular weight is 467 g/mol. The molecule has 1 aromatic heterocycles. The third-order valence-electron chi connectivity index (χ3n) is 5.68. The zero-order valence-electron chi connectivity index (χ0n) is 17.7. The summed E-state index contributed by atoms with van der Waals surface area (Å²) in [6.07, 6.45) is 5.10. The lowest BCUT2D eigenvalue weighted by atomic mass is 10.1. The highest BCUT2D eigenvalue weighted by molar-refractivity contribution is 5.94. The van der Waals surface area contributed by atoms with Crippen molar-refractivity contribution in [3.05, 3.63) is 59.9 Å². The Bertz CT molecular complexity index is 776. The van der Waals surface area contributed by atoms with Crippen molar-refractivity contribution in [2.75, 3.05) is 39.3 Å². The number of nitrogens with one attached hydrogen (secondary N) is 1. The first kappa shape index (κ1) is 25.4. The van der Waals surface area contributed by atoms with E-state index in [9.17, 15) is 4.79 Å². The molecule has 6 nitrogen and oxygen atoms in total. The molecule has 170 valence electrons. The fourth-order valence-electron chi connectivity index (χ4n) is 4.01. The SMILES string of the molecule is Cl.Cl.O=C(c1ccc(OC2CCN(Cc3ccccn3)CC2)cc1)N1CCCNCC1. The number of hydrogen-bond donors (Lipinski definition) is 1. The molecule has 2 aliphatic rings. The minimum Gasteiger partial charge on any atom is -0.490 e. The summed E-state index contributed by atoms with van der Waals surface area (Å²) in [7, 11) is 0. The van der Waals surface area contributed by atoms with Gasteiger partial charge in [0.25, 0.3) is 5.91 Å². The van der Waals surface area contributed by atoms with Gasteiger partial charge in [-0.05, 0) is 62.2 Å². The molecule has 0 radical (unpaired) electrons. The fraction of sp³-hybridized carbons (Fsp3) is 0.478. The van der Waals surface area contributed by atoms with Crippen molar-refractivity contribution in [1.82, 2.24) is 20.1 Å². The predicted octanol–water partition coefficient (Wildman–Crippen LogP) is 3.40. The molecule has 0 unspecified atom stereocenters. The van der Waals surface area contributed by atoms with E-state index < -0.39 is 0 Å². The first-order valence-electron chi connectivity index (χ1n) is 10.7. The van der Waals surface area contributed by atoms with Crippen molar-refractivity contribution in [2.45, 2.75) is 31.9 Å². The van der Waals surface area contributed by atoms with E-state index in [0.717, 1.165) is 82.1 Å². The Hall–Kier alpha value is -1.86. The van der Waals surface area contributed by atoms with Gasteiger partial charge in [0.1, 0.15) is 11.9 Å². The molecule has 2 aromatic rings. The lowest BCUT2D eigenvalue weighted by Crippen LogP contribution is -2.38. The van der Waals surface area contributed by atoms with Gasteiger partial charge in [0.2, 0.25) is 0 Å². The topological polar surface area (TPSA) is 57.7 Å². The Morgan fingerprint density at radius 2 is 1.77 bits per heavy atom. The van der Waals surface area contributed by atoms with Gasteiger partial charge < -0.3 is 15.0 Å². The molecule has 4 rings (SSSR count). The van der Waals surface area contributed by atoms with Gasteiger partial charge in [-0.3, -0.25) is 14.7 Å². The molecule has 1 aromatic carbocycles. The van der Waals surface area contributed by atoms with Gasteiger partial charge in [-0.1, -0.05) is 6.07 Å². The number of halogens is 2. The molecule has 31 heavy (non-hydrogen) atoms. The Labute approximate surface area is 197 Å². The number of hydrogen-bond acceptors (Lipinski definition) is 5. The number of carbonyl (C=O) groups is 1. The minimum atomic E-state index is 0. The van der Waals surface area contributed by atoms with E-state index in [4.69, 9.17) is 4.74 Å². The van der Waals surface area contributed by atoms with Crippen molar-refractivity contribution < 1.29 is 9.53 Å². The molecule has 1 N–H and O–H groups in total. The highest BCUT2D eigenvalue weighted by Gasteiger charge is 2.21. The first-order chi connectivity index (χ1) is 14.3. The van der Waals surface area contributed by atoms with Crippen LogP contribution in [0.4, 0.5) is 0 Å². The van der Waals surface area contributed by atoms with E-state index in [1.165, 1.54) is 0 Å². The number of piperidine rings is 1. The number of likely N-dealkylation sites (tertiary alicyclic amines) is 1. The summed E-state index contributed by atoms with van der Waals surface area (Å²) in [6, 6.07) is 13.7. The van der Waals surface area contributed by atoms with Crippen molar-refractivity contribution in [3.8, 4) is 5.75 Å². The number of aromatic nitrogens is 1.